The van der Waals surface area contributed by atoms with Crippen LogP contribution < -0.4 is 0 Å². The number of hydrogen-bond donors (Lipinski definition) is 2. The van der Waals surface area contributed by atoms with Gasteiger partial charge in [0.2, 0.25) is 0 Å². The minimum absolute atomic E-state index is 0.262. The molecule has 1 aliphatic rings. The Morgan fingerprint density at radius 1 is 1.38 bits per heavy atom. The Morgan fingerprint density at radius 3 is 2.46 bits per heavy atom. The van der Waals surface area contributed by atoms with Gasteiger partial charge >= 0.3 is 11.9 Å². The van der Waals surface area contributed by atoms with Crippen molar-refractivity contribution < 1.29 is 19.8 Å². The van der Waals surface area contributed by atoms with E-state index in [-0.39, 0.29) is 6.42 Å². The van der Waals surface area contributed by atoms with Gasteiger partial charge < -0.3 is 10.2 Å². The Balaban J connectivity index is 2.71. The largest absolute Gasteiger partial charge is 0.481 e. The number of carboxylic acids is 2. The number of hydrogen-bond acceptors (Lipinski definition) is 2. The molecule has 0 heterocycles. The molecule has 4 heteroatoms. The lowest BCUT2D eigenvalue weighted by Crippen LogP contribution is -2.36. The van der Waals surface area contributed by atoms with Crippen molar-refractivity contribution in [2.45, 2.75) is 32.6 Å². The number of rotatable bonds is 2. The molecule has 4 nitrogen and oxygen atoms in total. The van der Waals surface area contributed by atoms with Gasteiger partial charge in [0.15, 0.2) is 0 Å². The molecule has 0 unspecified atom stereocenters. The van der Waals surface area contributed by atoms with Crippen LogP contribution >= 0.6 is 0 Å². The average molecular weight is 186 g/mol. The van der Waals surface area contributed by atoms with E-state index in [0.29, 0.717) is 19.3 Å². The lowest BCUT2D eigenvalue weighted by molar-refractivity contribution is -0.154. The smallest absolute Gasteiger partial charge is 0.309 e. The summed E-state index contributed by atoms with van der Waals surface area (Å²) in [6.07, 6.45) is 2.15. The van der Waals surface area contributed by atoms with Crippen LogP contribution in [0.2, 0.25) is 0 Å². The van der Waals surface area contributed by atoms with Gasteiger partial charge in [0, 0.05) is 0 Å². The molecule has 1 aliphatic carbocycles. The normalized spacial score (nSPS) is 34.1. The van der Waals surface area contributed by atoms with Crippen molar-refractivity contribution in [1.82, 2.24) is 0 Å². The lowest BCUT2D eigenvalue weighted by atomic mass is 9.71. The summed E-state index contributed by atoms with van der Waals surface area (Å²) in [7, 11) is 0. The topological polar surface area (TPSA) is 74.6 Å². The third kappa shape index (κ3) is 1.99. The fourth-order valence-electron chi connectivity index (χ4n) is 1.89. The molecule has 2 N–H and O–H groups in total. The van der Waals surface area contributed by atoms with Crippen LogP contribution in [0.1, 0.15) is 32.6 Å². The zero-order valence-corrected chi connectivity index (χ0v) is 7.62. The second-order valence-corrected chi connectivity index (χ2v) is 4.00. The molecule has 1 saturated carbocycles. The predicted molar refractivity (Wildman–Crippen MR) is 45.3 cm³/mol. The van der Waals surface area contributed by atoms with Gasteiger partial charge in [-0.05, 0) is 26.2 Å². The van der Waals surface area contributed by atoms with Crippen LogP contribution in [0.4, 0.5) is 0 Å². The van der Waals surface area contributed by atoms with Crippen molar-refractivity contribution in [3.05, 3.63) is 0 Å². The maximum absolute atomic E-state index is 10.9. The van der Waals surface area contributed by atoms with E-state index in [1.54, 1.807) is 6.92 Å². The Morgan fingerprint density at radius 2 is 2.00 bits per heavy atom. The number of aliphatic carboxylic acids is 2. The molecule has 0 saturated heterocycles. The van der Waals surface area contributed by atoms with Crippen molar-refractivity contribution >= 4 is 11.9 Å². The molecule has 0 aromatic carbocycles. The molecule has 0 aromatic heterocycles. The van der Waals surface area contributed by atoms with Gasteiger partial charge in [0.1, 0.15) is 0 Å². The molecule has 74 valence electrons. The molecule has 0 radical (unpaired) electrons. The number of carboxylic acid groups (broad SMARTS) is 2. The third-order valence-corrected chi connectivity index (χ3v) is 2.84. The van der Waals surface area contributed by atoms with Gasteiger partial charge in [-0.15, -0.1) is 0 Å². The molecule has 0 aromatic rings. The number of carbonyl (C=O) groups is 2. The molecular formula is C9H14O4. The highest BCUT2D eigenvalue weighted by atomic mass is 16.4. The molecular weight excluding hydrogens is 172 g/mol. The minimum Gasteiger partial charge on any atom is -0.481 e. The molecule has 0 bridgehead atoms. The van der Waals surface area contributed by atoms with Crippen LogP contribution in [0.3, 0.4) is 0 Å². The van der Waals surface area contributed by atoms with Crippen molar-refractivity contribution in [1.29, 1.82) is 0 Å². The summed E-state index contributed by atoms with van der Waals surface area (Å²) in [6, 6.07) is 0. The van der Waals surface area contributed by atoms with Crippen molar-refractivity contribution in [2.24, 2.45) is 11.3 Å². The first-order valence-corrected chi connectivity index (χ1v) is 4.42. The van der Waals surface area contributed by atoms with Crippen molar-refractivity contribution in [2.75, 3.05) is 0 Å². The van der Waals surface area contributed by atoms with Gasteiger partial charge in [0.05, 0.1) is 11.3 Å². The Bertz CT molecular complexity index is 236. The van der Waals surface area contributed by atoms with Crippen LogP contribution in [0, 0.1) is 11.3 Å². The first-order valence-electron chi connectivity index (χ1n) is 4.42. The van der Waals surface area contributed by atoms with E-state index in [2.05, 4.69) is 0 Å². The van der Waals surface area contributed by atoms with E-state index in [9.17, 15) is 9.59 Å². The highest BCUT2D eigenvalue weighted by Crippen LogP contribution is 2.39. The Kier molecular flexibility index (Phi) is 2.59. The van der Waals surface area contributed by atoms with Crippen LogP contribution in [0.5, 0.6) is 0 Å². The highest BCUT2D eigenvalue weighted by molar-refractivity contribution is 5.77. The van der Waals surface area contributed by atoms with Crippen molar-refractivity contribution in [3.63, 3.8) is 0 Å². The highest BCUT2D eigenvalue weighted by Gasteiger charge is 2.40. The van der Waals surface area contributed by atoms with E-state index in [0.717, 1.165) is 0 Å². The molecule has 0 aliphatic heterocycles. The van der Waals surface area contributed by atoms with Gasteiger partial charge in [-0.2, -0.15) is 0 Å². The van der Waals surface area contributed by atoms with E-state index in [1.165, 1.54) is 0 Å². The van der Waals surface area contributed by atoms with Crippen LogP contribution in [-0.4, -0.2) is 22.2 Å². The fraction of sp³-hybridized carbons (Fsp3) is 0.778. The molecule has 0 amide bonds. The lowest BCUT2D eigenvalue weighted by Gasteiger charge is -2.32. The first-order chi connectivity index (χ1) is 5.96. The summed E-state index contributed by atoms with van der Waals surface area (Å²) in [6.45, 7) is 1.63. The molecule has 0 spiro atoms. The second kappa shape index (κ2) is 3.36. The molecule has 1 fully saturated rings. The van der Waals surface area contributed by atoms with E-state index in [1.807, 2.05) is 0 Å². The molecule has 1 rings (SSSR count). The van der Waals surface area contributed by atoms with E-state index in [4.69, 9.17) is 10.2 Å². The average Bonchev–Trinajstić information content (AvgIpc) is 2.04. The first kappa shape index (κ1) is 10.0. The van der Waals surface area contributed by atoms with Gasteiger partial charge in [-0.3, -0.25) is 9.59 Å². The predicted octanol–water partition coefficient (Wildman–Crippen LogP) is 1.35. The summed E-state index contributed by atoms with van der Waals surface area (Å²) < 4.78 is 0. The van der Waals surface area contributed by atoms with Gasteiger partial charge in [-0.1, -0.05) is 6.42 Å². The standard InChI is InChI=1S/C9H14O4/c1-9(8(12)13)4-2-3-6(5-9)7(10)11/h6H,2-5H2,1H3,(H,10,11)(H,12,13)/t6-,9-/m1/s1. The zero-order chi connectivity index (χ0) is 10.1. The monoisotopic (exact) mass is 186 g/mol. The molecule has 2 atom stereocenters. The maximum atomic E-state index is 10.9. The van der Waals surface area contributed by atoms with Crippen molar-refractivity contribution in [3.8, 4) is 0 Å². The van der Waals surface area contributed by atoms with E-state index < -0.39 is 23.3 Å². The van der Waals surface area contributed by atoms with E-state index >= 15 is 0 Å². The summed E-state index contributed by atoms with van der Waals surface area (Å²) in [5, 5.41) is 17.7. The second-order valence-electron chi connectivity index (χ2n) is 4.00. The SMILES string of the molecule is C[C@@]1(C(=O)O)CCC[C@@H](C(=O)O)C1. The Hall–Kier alpha value is -1.06. The summed E-state index contributed by atoms with van der Waals surface area (Å²) in [4.78, 5) is 21.5. The third-order valence-electron chi connectivity index (χ3n) is 2.84. The van der Waals surface area contributed by atoms with Crippen LogP contribution in [0.25, 0.3) is 0 Å². The van der Waals surface area contributed by atoms with Crippen LogP contribution in [-0.2, 0) is 9.59 Å². The fourth-order valence-corrected chi connectivity index (χ4v) is 1.89. The zero-order valence-electron chi connectivity index (χ0n) is 7.62. The summed E-state index contributed by atoms with van der Waals surface area (Å²) >= 11 is 0. The quantitative estimate of drug-likeness (QED) is 0.682. The Labute approximate surface area is 76.6 Å². The van der Waals surface area contributed by atoms with Crippen LogP contribution in [0.15, 0.2) is 0 Å². The summed E-state index contributed by atoms with van der Waals surface area (Å²) in [5.74, 6) is -2.22. The minimum atomic E-state index is -0.876. The van der Waals surface area contributed by atoms with Gasteiger partial charge in [0.25, 0.3) is 0 Å². The summed E-state index contributed by atoms with van der Waals surface area (Å²) in [5.41, 5.74) is -0.832. The van der Waals surface area contributed by atoms with Gasteiger partial charge in [-0.25, -0.2) is 0 Å². The maximum Gasteiger partial charge on any atom is 0.309 e. The molecule has 13 heavy (non-hydrogen) atoms.